The zero-order valence-corrected chi connectivity index (χ0v) is 12.1. The van der Waals surface area contributed by atoms with E-state index in [0.29, 0.717) is 5.02 Å². The van der Waals surface area contributed by atoms with Crippen LogP contribution >= 0.6 is 11.6 Å². The number of imidazole rings is 1. The van der Waals surface area contributed by atoms with Gasteiger partial charge in [0.15, 0.2) is 0 Å². The van der Waals surface area contributed by atoms with Gasteiger partial charge in [-0.1, -0.05) is 35.9 Å². The van der Waals surface area contributed by atoms with Crippen molar-refractivity contribution in [1.82, 2.24) is 14.7 Å². The Morgan fingerprint density at radius 3 is 2.80 bits per heavy atom. The first-order valence-corrected chi connectivity index (χ1v) is 6.98. The molecule has 0 atom stereocenters. The second-order valence-electron chi connectivity index (χ2n) is 4.88. The van der Waals surface area contributed by atoms with Crippen molar-refractivity contribution in [3.05, 3.63) is 70.6 Å². The molecule has 0 saturated carbocycles. The minimum Gasteiger partial charge on any atom is -0.307 e. The molecule has 1 N–H and O–H groups in total. The Labute approximate surface area is 123 Å². The number of nitrogens with zero attached hydrogens (tertiary/aromatic N) is 2. The average molecular weight is 286 g/mol. The lowest BCUT2D eigenvalue weighted by Gasteiger charge is -2.05. The number of halogens is 1. The number of hydrogen-bond donors (Lipinski definition) is 1. The molecule has 0 unspecified atom stereocenters. The first-order valence-electron chi connectivity index (χ1n) is 6.61. The van der Waals surface area contributed by atoms with Gasteiger partial charge in [-0.05, 0) is 30.2 Å². The van der Waals surface area contributed by atoms with Crippen LogP contribution in [0.5, 0.6) is 0 Å². The zero-order valence-electron chi connectivity index (χ0n) is 11.3. The summed E-state index contributed by atoms with van der Waals surface area (Å²) in [5.41, 5.74) is 4.56. The Morgan fingerprint density at radius 1 is 1.10 bits per heavy atom. The fourth-order valence-corrected chi connectivity index (χ4v) is 2.40. The molecule has 0 amide bonds. The number of nitrogens with one attached hydrogen (secondary N) is 1. The number of aromatic nitrogens is 2. The summed E-state index contributed by atoms with van der Waals surface area (Å²) in [5.74, 6) is 0. The zero-order chi connectivity index (χ0) is 13.9. The highest BCUT2D eigenvalue weighted by Crippen LogP contribution is 2.12. The molecule has 4 heteroatoms. The van der Waals surface area contributed by atoms with Gasteiger partial charge in [0.2, 0.25) is 0 Å². The van der Waals surface area contributed by atoms with Gasteiger partial charge in [0, 0.05) is 25.5 Å². The molecule has 1 aromatic carbocycles. The maximum absolute atomic E-state index is 5.97. The molecule has 3 nitrogen and oxygen atoms in total. The molecule has 0 spiro atoms. The molecule has 2 aromatic heterocycles. The molecule has 2 heterocycles. The third-order valence-corrected chi connectivity index (χ3v) is 3.57. The summed E-state index contributed by atoms with van der Waals surface area (Å²) in [6.45, 7) is 3.72. The summed E-state index contributed by atoms with van der Waals surface area (Å²) in [5, 5.41) is 4.14. The van der Waals surface area contributed by atoms with E-state index in [1.54, 1.807) is 0 Å². The van der Waals surface area contributed by atoms with Gasteiger partial charge in [-0.3, -0.25) is 0 Å². The monoisotopic (exact) mass is 285 g/mol. The van der Waals surface area contributed by atoms with Crippen LogP contribution in [-0.2, 0) is 13.1 Å². The van der Waals surface area contributed by atoms with E-state index in [0.717, 1.165) is 24.4 Å². The summed E-state index contributed by atoms with van der Waals surface area (Å²) < 4.78 is 1.95. The highest BCUT2D eigenvalue weighted by molar-refractivity contribution is 6.30. The van der Waals surface area contributed by atoms with Crippen molar-refractivity contribution in [2.24, 2.45) is 0 Å². The number of aryl methyl sites for hydroxylation is 1. The number of pyridine rings is 1. The van der Waals surface area contributed by atoms with E-state index >= 15 is 0 Å². The van der Waals surface area contributed by atoms with Crippen LogP contribution in [0.15, 0.2) is 48.8 Å². The quantitative estimate of drug-likeness (QED) is 0.794. The number of benzene rings is 1. The van der Waals surface area contributed by atoms with Crippen molar-refractivity contribution in [2.45, 2.75) is 20.0 Å². The summed E-state index contributed by atoms with van der Waals surface area (Å²) in [6.07, 6.45) is 3.88. The van der Waals surface area contributed by atoms with E-state index < -0.39 is 0 Å². The van der Waals surface area contributed by atoms with E-state index in [1.165, 1.54) is 11.1 Å². The molecular formula is C16H16ClN3. The van der Waals surface area contributed by atoms with Gasteiger partial charge in [0.05, 0.1) is 10.7 Å². The van der Waals surface area contributed by atoms with Crippen LogP contribution in [-0.4, -0.2) is 9.38 Å². The maximum Gasteiger partial charge on any atom is 0.137 e. The van der Waals surface area contributed by atoms with Crippen LogP contribution in [0.2, 0.25) is 5.02 Å². The Kier molecular flexibility index (Phi) is 3.72. The van der Waals surface area contributed by atoms with E-state index in [-0.39, 0.29) is 0 Å². The van der Waals surface area contributed by atoms with Crippen molar-refractivity contribution in [1.29, 1.82) is 0 Å². The first-order chi connectivity index (χ1) is 9.72. The second-order valence-corrected chi connectivity index (χ2v) is 5.31. The van der Waals surface area contributed by atoms with Gasteiger partial charge >= 0.3 is 0 Å². The predicted octanol–water partition coefficient (Wildman–Crippen LogP) is 3.59. The van der Waals surface area contributed by atoms with Crippen LogP contribution in [0.4, 0.5) is 0 Å². The fourth-order valence-electron chi connectivity index (χ4n) is 2.24. The number of hydrogen-bond acceptors (Lipinski definition) is 2. The molecule has 0 radical (unpaired) electrons. The van der Waals surface area contributed by atoms with Gasteiger partial charge < -0.3 is 9.72 Å². The van der Waals surface area contributed by atoms with Crippen LogP contribution in [0.1, 0.15) is 16.8 Å². The smallest absolute Gasteiger partial charge is 0.137 e. The van der Waals surface area contributed by atoms with Crippen LogP contribution < -0.4 is 5.32 Å². The third kappa shape index (κ3) is 2.84. The largest absolute Gasteiger partial charge is 0.307 e. The molecule has 3 aromatic rings. The van der Waals surface area contributed by atoms with Crippen molar-refractivity contribution in [3.63, 3.8) is 0 Å². The number of fused-ring (bicyclic) bond motifs is 1. The highest BCUT2D eigenvalue weighted by atomic mass is 35.5. The molecule has 20 heavy (non-hydrogen) atoms. The first kappa shape index (κ1) is 13.2. The molecule has 0 saturated heterocycles. The molecule has 0 aliphatic carbocycles. The van der Waals surface area contributed by atoms with Gasteiger partial charge in [-0.2, -0.15) is 0 Å². The standard InChI is InChI=1S/C16H16ClN3/c1-12-4-2-3-5-13(12)8-18-9-15-11-20-10-14(17)6-7-16(20)19-15/h2-7,10-11,18H,8-9H2,1H3. The second kappa shape index (κ2) is 5.65. The SMILES string of the molecule is Cc1ccccc1CNCc1cn2cc(Cl)ccc2n1. The predicted molar refractivity (Wildman–Crippen MR) is 81.9 cm³/mol. The van der Waals surface area contributed by atoms with Crippen LogP contribution in [0.3, 0.4) is 0 Å². The Hall–Kier alpha value is -1.84. The van der Waals surface area contributed by atoms with Crippen molar-refractivity contribution < 1.29 is 0 Å². The minimum atomic E-state index is 0.717. The van der Waals surface area contributed by atoms with Gasteiger partial charge in [0.25, 0.3) is 0 Å². The fraction of sp³-hybridized carbons (Fsp3) is 0.188. The van der Waals surface area contributed by atoms with Crippen molar-refractivity contribution in [2.75, 3.05) is 0 Å². The minimum absolute atomic E-state index is 0.717. The average Bonchev–Trinajstić information content (AvgIpc) is 2.83. The number of rotatable bonds is 4. The van der Waals surface area contributed by atoms with E-state index in [9.17, 15) is 0 Å². The molecule has 0 aliphatic rings. The molecular weight excluding hydrogens is 270 g/mol. The lowest BCUT2D eigenvalue weighted by Crippen LogP contribution is -2.13. The normalized spacial score (nSPS) is 11.1. The van der Waals surface area contributed by atoms with Crippen LogP contribution in [0, 0.1) is 6.92 Å². The summed E-state index contributed by atoms with van der Waals surface area (Å²) in [4.78, 5) is 4.55. The molecule has 0 aliphatic heterocycles. The molecule has 102 valence electrons. The van der Waals surface area contributed by atoms with E-state index in [2.05, 4.69) is 41.5 Å². The summed E-state index contributed by atoms with van der Waals surface area (Å²) in [6, 6.07) is 12.2. The van der Waals surface area contributed by atoms with Gasteiger partial charge in [-0.15, -0.1) is 0 Å². The molecule has 0 bridgehead atoms. The lowest BCUT2D eigenvalue weighted by molar-refractivity contribution is 0.680. The van der Waals surface area contributed by atoms with Crippen LogP contribution in [0.25, 0.3) is 5.65 Å². The summed E-state index contributed by atoms with van der Waals surface area (Å²) in [7, 11) is 0. The van der Waals surface area contributed by atoms with Gasteiger partial charge in [0.1, 0.15) is 5.65 Å². The Balaban J connectivity index is 1.67. The van der Waals surface area contributed by atoms with E-state index in [1.807, 2.05) is 28.9 Å². The third-order valence-electron chi connectivity index (χ3n) is 3.35. The Bertz CT molecular complexity index is 733. The maximum atomic E-state index is 5.97. The summed E-state index contributed by atoms with van der Waals surface area (Å²) >= 11 is 5.97. The Morgan fingerprint density at radius 2 is 1.95 bits per heavy atom. The lowest BCUT2D eigenvalue weighted by atomic mass is 10.1. The van der Waals surface area contributed by atoms with Crippen molar-refractivity contribution in [3.8, 4) is 0 Å². The molecule has 0 fully saturated rings. The van der Waals surface area contributed by atoms with Gasteiger partial charge in [-0.25, -0.2) is 4.98 Å². The highest BCUT2D eigenvalue weighted by Gasteiger charge is 2.02. The molecule has 3 rings (SSSR count). The van der Waals surface area contributed by atoms with E-state index in [4.69, 9.17) is 11.6 Å². The van der Waals surface area contributed by atoms with Crippen molar-refractivity contribution >= 4 is 17.2 Å². The topological polar surface area (TPSA) is 29.3 Å².